The van der Waals surface area contributed by atoms with E-state index in [9.17, 15) is 14.4 Å². The van der Waals surface area contributed by atoms with E-state index in [4.69, 9.17) is 11.6 Å². The topological polar surface area (TPSA) is 85.1 Å². The van der Waals surface area contributed by atoms with E-state index in [1.54, 1.807) is 31.3 Å². The molecule has 0 atom stereocenters. The average Bonchev–Trinajstić information content (AvgIpc) is 2.75. The molecule has 156 valence electrons. The molecule has 0 fully saturated rings. The van der Waals surface area contributed by atoms with E-state index in [1.807, 2.05) is 24.3 Å². The molecule has 0 aliphatic carbocycles. The molecule has 0 amide bonds. The second-order valence-corrected chi connectivity index (χ2v) is 7.24. The zero-order chi connectivity index (χ0) is 21.7. The minimum Gasteiger partial charge on any atom is -0.384 e. The van der Waals surface area contributed by atoms with Crippen LogP contribution in [0.1, 0.15) is 22.3 Å². The summed E-state index contributed by atoms with van der Waals surface area (Å²) in [5.41, 5.74) is 0.930. The minimum atomic E-state index is -0.383. The molecule has 3 aromatic rings. The second-order valence-electron chi connectivity index (χ2n) is 6.83. The van der Waals surface area contributed by atoms with Gasteiger partial charge in [0.25, 0.3) is 5.56 Å². The summed E-state index contributed by atoms with van der Waals surface area (Å²) in [6.07, 6.45) is 0.689. The Bertz CT molecular complexity index is 1170. The number of ketones is 1. The number of carbonyl (C=O) groups is 1. The van der Waals surface area contributed by atoms with Crippen LogP contribution < -0.4 is 21.9 Å². The maximum atomic E-state index is 12.9. The fourth-order valence-electron chi connectivity index (χ4n) is 3.07. The van der Waals surface area contributed by atoms with Crippen molar-refractivity contribution in [3.63, 3.8) is 0 Å². The first-order valence-corrected chi connectivity index (χ1v) is 9.91. The Labute approximate surface area is 178 Å². The number of anilines is 2. The van der Waals surface area contributed by atoms with Crippen molar-refractivity contribution in [3.05, 3.63) is 91.6 Å². The van der Waals surface area contributed by atoms with E-state index in [-0.39, 0.29) is 17.0 Å². The molecule has 0 aliphatic rings. The lowest BCUT2D eigenvalue weighted by Gasteiger charge is -2.14. The van der Waals surface area contributed by atoms with Crippen molar-refractivity contribution in [3.8, 4) is 0 Å². The summed E-state index contributed by atoms with van der Waals surface area (Å²) < 4.78 is 2.44. The van der Waals surface area contributed by atoms with Gasteiger partial charge in [-0.3, -0.25) is 18.7 Å². The van der Waals surface area contributed by atoms with E-state index >= 15 is 0 Å². The van der Waals surface area contributed by atoms with Crippen LogP contribution in [0.15, 0.2) is 64.2 Å². The molecule has 3 rings (SSSR count). The lowest BCUT2D eigenvalue weighted by Crippen LogP contribution is -2.37. The molecule has 2 aromatic carbocycles. The second kappa shape index (κ2) is 9.45. The Hall–Kier alpha value is -3.32. The van der Waals surface area contributed by atoms with Gasteiger partial charge in [0, 0.05) is 44.5 Å². The van der Waals surface area contributed by atoms with E-state index < -0.39 is 0 Å². The lowest BCUT2D eigenvalue weighted by atomic mass is 10.0. The first-order valence-electron chi connectivity index (χ1n) is 9.53. The number of benzene rings is 2. The predicted octanol–water partition coefficient (Wildman–Crippen LogP) is 2.88. The number of nitrogens with zero attached hydrogens (tertiary/aromatic N) is 2. The van der Waals surface area contributed by atoms with Crippen LogP contribution in [0.2, 0.25) is 5.02 Å². The normalized spacial score (nSPS) is 10.6. The van der Waals surface area contributed by atoms with Crippen molar-refractivity contribution in [1.82, 2.24) is 9.13 Å². The molecule has 0 bridgehead atoms. The van der Waals surface area contributed by atoms with Gasteiger partial charge in [0.15, 0.2) is 5.78 Å². The molecule has 1 aromatic heterocycles. The highest BCUT2D eigenvalue weighted by Gasteiger charge is 2.17. The molecule has 0 aliphatic heterocycles. The highest BCUT2D eigenvalue weighted by molar-refractivity contribution is 6.36. The van der Waals surface area contributed by atoms with Gasteiger partial charge >= 0.3 is 5.69 Å². The summed E-state index contributed by atoms with van der Waals surface area (Å²) in [4.78, 5) is 36.6. The van der Waals surface area contributed by atoms with Crippen molar-refractivity contribution in [1.29, 1.82) is 0 Å². The monoisotopic (exact) mass is 426 g/mol. The summed E-state index contributed by atoms with van der Waals surface area (Å²) in [6, 6.07) is 15.7. The van der Waals surface area contributed by atoms with Gasteiger partial charge in [0.2, 0.25) is 0 Å². The number of hydrogen-bond donors (Lipinski definition) is 2. The zero-order valence-corrected chi connectivity index (χ0v) is 17.6. The van der Waals surface area contributed by atoms with E-state index in [1.165, 1.54) is 17.7 Å². The third-order valence-electron chi connectivity index (χ3n) is 4.78. The maximum Gasteiger partial charge on any atom is 0.332 e. The van der Waals surface area contributed by atoms with E-state index in [2.05, 4.69) is 10.6 Å². The molecule has 7 nitrogen and oxygen atoms in total. The van der Waals surface area contributed by atoms with Crippen molar-refractivity contribution >= 4 is 28.9 Å². The van der Waals surface area contributed by atoms with Gasteiger partial charge in [0.05, 0.1) is 10.6 Å². The summed E-state index contributed by atoms with van der Waals surface area (Å²) in [5, 5.41) is 6.75. The Morgan fingerprint density at radius 1 is 0.933 bits per heavy atom. The van der Waals surface area contributed by atoms with E-state index in [0.717, 1.165) is 4.57 Å². The molecular formula is C22H23ClN4O3. The van der Waals surface area contributed by atoms with Crippen molar-refractivity contribution in [2.75, 3.05) is 23.7 Å². The van der Waals surface area contributed by atoms with Crippen molar-refractivity contribution in [2.45, 2.75) is 6.42 Å². The van der Waals surface area contributed by atoms with Crippen molar-refractivity contribution < 1.29 is 4.79 Å². The van der Waals surface area contributed by atoms with Gasteiger partial charge in [0.1, 0.15) is 5.82 Å². The summed E-state index contributed by atoms with van der Waals surface area (Å²) in [5.74, 6) is 0.322. The van der Waals surface area contributed by atoms with Gasteiger partial charge in [-0.2, -0.15) is 0 Å². The molecule has 30 heavy (non-hydrogen) atoms. The minimum absolute atomic E-state index is 0.142. The number of aromatic nitrogens is 2. The average molecular weight is 427 g/mol. The molecule has 0 saturated carbocycles. The quantitative estimate of drug-likeness (QED) is 0.427. The molecular weight excluding hydrogens is 404 g/mol. The number of hydrogen-bond acceptors (Lipinski definition) is 5. The lowest BCUT2D eigenvalue weighted by molar-refractivity contribution is 0.103. The van der Waals surface area contributed by atoms with Gasteiger partial charge in [-0.05, 0) is 18.6 Å². The number of halogens is 1. The Morgan fingerprint density at radius 3 is 2.37 bits per heavy atom. The van der Waals surface area contributed by atoms with Crippen LogP contribution in [-0.2, 0) is 14.1 Å². The van der Waals surface area contributed by atoms with Crippen LogP contribution in [0.5, 0.6) is 0 Å². The molecule has 8 heteroatoms. The van der Waals surface area contributed by atoms with Crippen LogP contribution >= 0.6 is 11.6 Å². The summed E-state index contributed by atoms with van der Waals surface area (Å²) >= 11 is 6.32. The van der Waals surface area contributed by atoms with Gasteiger partial charge in [-0.25, -0.2) is 4.79 Å². The van der Waals surface area contributed by atoms with Crippen LogP contribution in [-0.4, -0.2) is 28.0 Å². The zero-order valence-electron chi connectivity index (χ0n) is 16.8. The Morgan fingerprint density at radius 2 is 1.63 bits per heavy atom. The predicted molar refractivity (Wildman–Crippen MR) is 120 cm³/mol. The smallest absolute Gasteiger partial charge is 0.332 e. The van der Waals surface area contributed by atoms with Crippen LogP contribution in [0.3, 0.4) is 0 Å². The largest absolute Gasteiger partial charge is 0.384 e. The SMILES string of the molecule is Cn1c(NCCCNc2cccc(Cl)c2C(=O)c2ccccc2)cc(=O)n(C)c1=O. The molecule has 0 saturated heterocycles. The number of carbonyl (C=O) groups excluding carboxylic acids is 1. The first kappa shape index (κ1) is 21.4. The highest BCUT2D eigenvalue weighted by atomic mass is 35.5. The third kappa shape index (κ3) is 4.63. The summed E-state index contributed by atoms with van der Waals surface area (Å²) in [7, 11) is 3.05. The van der Waals surface area contributed by atoms with Crippen LogP contribution in [0, 0.1) is 0 Å². The molecule has 2 N–H and O–H groups in total. The fourth-order valence-corrected chi connectivity index (χ4v) is 3.33. The van der Waals surface area contributed by atoms with Gasteiger partial charge in [-0.15, -0.1) is 0 Å². The molecule has 0 spiro atoms. The Kier molecular flexibility index (Phi) is 6.74. The first-order chi connectivity index (χ1) is 14.4. The molecule has 0 radical (unpaired) electrons. The number of rotatable bonds is 8. The molecule has 1 heterocycles. The van der Waals surface area contributed by atoms with Crippen LogP contribution in [0.4, 0.5) is 11.5 Å². The van der Waals surface area contributed by atoms with Gasteiger partial charge in [-0.1, -0.05) is 48.0 Å². The fraction of sp³-hybridized carbons (Fsp3) is 0.227. The number of nitrogens with one attached hydrogen (secondary N) is 2. The maximum absolute atomic E-state index is 12.9. The van der Waals surface area contributed by atoms with E-state index in [0.29, 0.717) is 47.2 Å². The highest BCUT2D eigenvalue weighted by Crippen LogP contribution is 2.27. The summed E-state index contributed by atoms with van der Waals surface area (Å²) in [6.45, 7) is 1.11. The third-order valence-corrected chi connectivity index (χ3v) is 5.09. The van der Waals surface area contributed by atoms with Crippen LogP contribution in [0.25, 0.3) is 0 Å². The molecule has 0 unspecified atom stereocenters. The standard InChI is InChI=1S/C22H23ClN4O3/c1-26-18(14-19(28)27(2)22(26)30)25-13-7-12-24-17-11-6-10-16(23)20(17)21(29)15-8-4-3-5-9-15/h3-6,8-11,14,24-25H,7,12-13H2,1-2H3. The van der Waals surface area contributed by atoms with Gasteiger partial charge < -0.3 is 10.6 Å². The van der Waals surface area contributed by atoms with Crippen molar-refractivity contribution in [2.24, 2.45) is 14.1 Å². The Balaban J connectivity index is 1.64.